The summed E-state index contributed by atoms with van der Waals surface area (Å²) in [6, 6.07) is 4.68. The highest BCUT2D eigenvalue weighted by Gasteiger charge is 2.32. The monoisotopic (exact) mass is 273 g/mol. The first-order valence-electron chi connectivity index (χ1n) is 5.06. The zero-order chi connectivity index (χ0) is 13.2. The zero-order valence-corrected chi connectivity index (χ0v) is 9.98. The molecule has 0 atom stereocenters. The number of hydrogen-bond acceptors (Lipinski definition) is 4. The number of rotatable bonds is 3. The maximum absolute atomic E-state index is 12.5. The van der Waals surface area contributed by atoms with Gasteiger partial charge >= 0.3 is 6.18 Å². The summed E-state index contributed by atoms with van der Waals surface area (Å²) >= 11 is 1.52. The van der Waals surface area contributed by atoms with E-state index < -0.39 is 11.9 Å². The maximum Gasteiger partial charge on any atom is 0.433 e. The first-order chi connectivity index (χ1) is 8.47. The van der Waals surface area contributed by atoms with Gasteiger partial charge < -0.3 is 11.1 Å². The normalized spacial score (nSPS) is 11.5. The van der Waals surface area contributed by atoms with Crippen LogP contribution in [0, 0.1) is 0 Å². The minimum atomic E-state index is -4.47. The minimum Gasteiger partial charge on any atom is -0.396 e. The van der Waals surface area contributed by atoms with Gasteiger partial charge in [0.1, 0.15) is 5.69 Å². The Labute approximate surface area is 105 Å². The predicted molar refractivity (Wildman–Crippen MR) is 65.3 cm³/mol. The molecule has 2 rings (SSSR count). The van der Waals surface area contributed by atoms with Gasteiger partial charge in [0.25, 0.3) is 0 Å². The van der Waals surface area contributed by atoms with Crippen LogP contribution in [-0.4, -0.2) is 4.98 Å². The molecule has 0 aromatic carbocycles. The molecule has 0 amide bonds. The van der Waals surface area contributed by atoms with E-state index in [4.69, 9.17) is 5.73 Å². The van der Waals surface area contributed by atoms with Crippen molar-refractivity contribution >= 4 is 22.7 Å². The Bertz CT molecular complexity index is 523. The molecule has 2 aromatic rings. The van der Waals surface area contributed by atoms with Crippen LogP contribution >= 0.6 is 11.3 Å². The van der Waals surface area contributed by atoms with Gasteiger partial charge in [-0.2, -0.15) is 13.2 Å². The fourth-order valence-electron chi connectivity index (χ4n) is 1.37. The molecule has 2 aromatic heterocycles. The van der Waals surface area contributed by atoms with Crippen molar-refractivity contribution in [3.8, 4) is 0 Å². The summed E-state index contributed by atoms with van der Waals surface area (Å²) < 4.78 is 37.5. The van der Waals surface area contributed by atoms with Crippen molar-refractivity contribution in [2.75, 3.05) is 11.1 Å². The van der Waals surface area contributed by atoms with Crippen molar-refractivity contribution in [2.24, 2.45) is 0 Å². The van der Waals surface area contributed by atoms with Gasteiger partial charge in [0.05, 0.1) is 17.6 Å². The summed E-state index contributed by atoms with van der Waals surface area (Å²) in [7, 11) is 0. The minimum absolute atomic E-state index is 0.194. The van der Waals surface area contributed by atoms with Crippen molar-refractivity contribution in [1.82, 2.24) is 4.98 Å². The second-order valence-corrected chi connectivity index (χ2v) is 4.62. The van der Waals surface area contributed by atoms with Gasteiger partial charge in [-0.1, -0.05) is 6.07 Å². The van der Waals surface area contributed by atoms with Gasteiger partial charge in [0.2, 0.25) is 0 Å². The number of nitrogens with zero attached hydrogens (tertiary/aromatic N) is 1. The molecule has 18 heavy (non-hydrogen) atoms. The van der Waals surface area contributed by atoms with Crippen LogP contribution in [0.25, 0.3) is 0 Å². The molecule has 0 radical (unpaired) electrons. The molecule has 0 spiro atoms. The lowest BCUT2D eigenvalue weighted by Gasteiger charge is -2.11. The Hall–Kier alpha value is -1.76. The lowest BCUT2D eigenvalue weighted by molar-refractivity contribution is -0.141. The topological polar surface area (TPSA) is 50.9 Å². The molecule has 2 heterocycles. The number of nitrogen functional groups attached to an aromatic ring is 1. The number of thiophene rings is 1. The highest BCUT2D eigenvalue weighted by atomic mass is 32.1. The standard InChI is InChI=1S/C11H10F3N3S/c12-11(13,14)10-4-9(8(15)6-17-10)16-5-7-2-1-3-18-7/h1-4,6H,5,15H2,(H,16,17). The molecule has 0 saturated heterocycles. The van der Waals surface area contributed by atoms with Gasteiger partial charge in [0.15, 0.2) is 0 Å². The fourth-order valence-corrected chi connectivity index (χ4v) is 2.01. The number of halogens is 3. The van der Waals surface area contributed by atoms with Gasteiger partial charge in [-0.25, -0.2) is 4.98 Å². The van der Waals surface area contributed by atoms with Gasteiger partial charge in [-0.15, -0.1) is 11.3 Å². The van der Waals surface area contributed by atoms with Crippen LogP contribution in [0.3, 0.4) is 0 Å². The summed E-state index contributed by atoms with van der Waals surface area (Å²) in [6.07, 6.45) is -3.45. The van der Waals surface area contributed by atoms with Crippen molar-refractivity contribution in [3.05, 3.63) is 40.3 Å². The Morgan fingerprint density at radius 2 is 2.17 bits per heavy atom. The second kappa shape index (κ2) is 4.85. The second-order valence-electron chi connectivity index (χ2n) is 3.59. The molecule has 0 aliphatic carbocycles. The van der Waals surface area contributed by atoms with Crippen LogP contribution in [-0.2, 0) is 12.7 Å². The SMILES string of the molecule is Nc1cnc(C(F)(F)F)cc1NCc1cccs1. The number of anilines is 2. The smallest absolute Gasteiger partial charge is 0.396 e. The van der Waals surface area contributed by atoms with E-state index in [-0.39, 0.29) is 11.4 Å². The molecule has 3 N–H and O–H groups in total. The van der Waals surface area contributed by atoms with E-state index in [9.17, 15) is 13.2 Å². The van der Waals surface area contributed by atoms with Crippen molar-refractivity contribution in [2.45, 2.75) is 12.7 Å². The molecule has 0 aliphatic rings. The summed E-state index contributed by atoms with van der Waals surface area (Å²) in [5.74, 6) is 0. The Morgan fingerprint density at radius 3 is 2.78 bits per heavy atom. The van der Waals surface area contributed by atoms with Crippen LogP contribution in [0.4, 0.5) is 24.5 Å². The van der Waals surface area contributed by atoms with Crippen molar-refractivity contribution < 1.29 is 13.2 Å². The van der Waals surface area contributed by atoms with E-state index in [0.717, 1.165) is 17.1 Å². The molecule has 0 aliphatic heterocycles. The summed E-state index contributed by atoms with van der Waals surface area (Å²) in [6.45, 7) is 0.434. The maximum atomic E-state index is 12.5. The highest BCUT2D eigenvalue weighted by molar-refractivity contribution is 7.09. The molecular weight excluding hydrogens is 263 g/mol. The number of hydrogen-bond donors (Lipinski definition) is 2. The van der Waals surface area contributed by atoms with Crippen LogP contribution in [0.5, 0.6) is 0 Å². The molecular formula is C11H10F3N3S. The molecule has 0 unspecified atom stereocenters. The molecule has 7 heteroatoms. The van der Waals surface area contributed by atoms with Crippen molar-refractivity contribution in [3.63, 3.8) is 0 Å². The first-order valence-corrected chi connectivity index (χ1v) is 5.94. The lowest BCUT2D eigenvalue weighted by Crippen LogP contribution is -2.10. The number of alkyl halides is 3. The van der Waals surface area contributed by atoms with Crippen LogP contribution < -0.4 is 11.1 Å². The third kappa shape index (κ3) is 2.92. The summed E-state index contributed by atoms with van der Waals surface area (Å²) in [5, 5.41) is 4.77. The molecule has 0 saturated carbocycles. The Morgan fingerprint density at radius 1 is 1.39 bits per heavy atom. The van der Waals surface area contributed by atoms with Crippen LogP contribution in [0.15, 0.2) is 29.8 Å². The van der Waals surface area contributed by atoms with Gasteiger partial charge in [0, 0.05) is 11.4 Å². The summed E-state index contributed by atoms with van der Waals surface area (Å²) in [4.78, 5) is 4.28. The average Bonchev–Trinajstić information content (AvgIpc) is 2.79. The first kappa shape index (κ1) is 12.7. The highest BCUT2D eigenvalue weighted by Crippen LogP contribution is 2.31. The van der Waals surface area contributed by atoms with E-state index in [1.807, 2.05) is 17.5 Å². The molecule has 0 bridgehead atoms. The number of nitrogens with two attached hydrogens (primary N) is 1. The van der Waals surface area contributed by atoms with E-state index in [1.165, 1.54) is 11.3 Å². The quantitative estimate of drug-likeness (QED) is 0.901. The van der Waals surface area contributed by atoms with E-state index in [1.54, 1.807) is 0 Å². The zero-order valence-electron chi connectivity index (χ0n) is 9.16. The Balaban J connectivity index is 2.16. The average molecular weight is 273 g/mol. The van der Waals surface area contributed by atoms with Gasteiger partial charge in [-0.05, 0) is 17.5 Å². The number of aromatic nitrogens is 1. The van der Waals surface area contributed by atoms with Crippen LogP contribution in [0.1, 0.15) is 10.6 Å². The van der Waals surface area contributed by atoms with Crippen molar-refractivity contribution in [1.29, 1.82) is 0 Å². The third-order valence-electron chi connectivity index (χ3n) is 2.26. The van der Waals surface area contributed by atoms with E-state index in [0.29, 0.717) is 6.54 Å². The predicted octanol–water partition coefficient (Wildman–Crippen LogP) is 3.36. The fraction of sp³-hybridized carbons (Fsp3) is 0.182. The lowest BCUT2D eigenvalue weighted by atomic mass is 10.2. The van der Waals surface area contributed by atoms with Crippen LogP contribution in [0.2, 0.25) is 0 Å². The number of pyridine rings is 1. The molecule has 3 nitrogen and oxygen atoms in total. The van der Waals surface area contributed by atoms with E-state index >= 15 is 0 Å². The molecule has 0 fully saturated rings. The van der Waals surface area contributed by atoms with Gasteiger partial charge in [-0.3, -0.25) is 0 Å². The van der Waals surface area contributed by atoms with E-state index in [2.05, 4.69) is 10.3 Å². The summed E-state index contributed by atoms with van der Waals surface area (Å²) in [5.41, 5.74) is 5.07. The number of nitrogens with one attached hydrogen (secondary N) is 1. The Kier molecular flexibility index (Phi) is 3.42. The third-order valence-corrected chi connectivity index (χ3v) is 3.13. The largest absolute Gasteiger partial charge is 0.433 e. The molecule has 96 valence electrons.